The lowest BCUT2D eigenvalue weighted by atomic mass is 10.1. The fraction of sp³-hybridized carbons (Fsp3) is 0.333. The molecule has 0 spiro atoms. The van der Waals surface area contributed by atoms with Gasteiger partial charge in [0.2, 0.25) is 0 Å². The van der Waals surface area contributed by atoms with Crippen molar-refractivity contribution in [2.75, 3.05) is 5.75 Å². The van der Waals surface area contributed by atoms with Gasteiger partial charge in [0.15, 0.2) is 0 Å². The molecular formula is C18H19ClN2S2. The Bertz CT molecular complexity index is 768. The van der Waals surface area contributed by atoms with E-state index in [0.29, 0.717) is 0 Å². The smallest absolute Gasteiger partial charge is 0.128 e. The predicted molar refractivity (Wildman–Crippen MR) is 103 cm³/mol. The van der Waals surface area contributed by atoms with Crippen LogP contribution in [0.5, 0.6) is 0 Å². The van der Waals surface area contributed by atoms with Crippen LogP contribution in [0.2, 0.25) is 5.02 Å². The van der Waals surface area contributed by atoms with Crippen LogP contribution in [0.1, 0.15) is 32.6 Å². The molecule has 3 rings (SSSR count). The van der Waals surface area contributed by atoms with Crippen molar-refractivity contribution in [2.45, 2.75) is 37.6 Å². The molecule has 0 atom stereocenters. The maximum Gasteiger partial charge on any atom is 0.128 e. The Morgan fingerprint density at radius 2 is 1.91 bits per heavy atom. The second kappa shape index (κ2) is 8.13. The number of unbranched alkanes of at least 4 members (excludes halogenated alkanes) is 3. The van der Waals surface area contributed by atoms with E-state index in [-0.39, 0.29) is 0 Å². The zero-order valence-corrected chi connectivity index (χ0v) is 15.5. The molecule has 120 valence electrons. The van der Waals surface area contributed by atoms with E-state index in [9.17, 15) is 0 Å². The van der Waals surface area contributed by atoms with Crippen LogP contribution in [-0.4, -0.2) is 15.7 Å². The van der Waals surface area contributed by atoms with Crippen molar-refractivity contribution < 1.29 is 0 Å². The highest BCUT2D eigenvalue weighted by molar-refractivity contribution is 7.99. The van der Waals surface area contributed by atoms with E-state index in [0.717, 1.165) is 20.6 Å². The van der Waals surface area contributed by atoms with Crippen LogP contribution in [-0.2, 0) is 0 Å². The van der Waals surface area contributed by atoms with Gasteiger partial charge in [-0.05, 0) is 29.9 Å². The Kier molecular flexibility index (Phi) is 5.92. The number of aromatic nitrogens is 2. The maximum absolute atomic E-state index is 6.01. The molecule has 0 aliphatic carbocycles. The number of halogens is 1. The molecule has 0 saturated heterocycles. The molecule has 0 aliphatic rings. The summed E-state index contributed by atoms with van der Waals surface area (Å²) in [6.45, 7) is 2.24. The van der Waals surface area contributed by atoms with E-state index in [1.165, 1.54) is 42.2 Å². The second-order valence-corrected chi connectivity index (χ2v) is 7.80. The first-order valence-corrected chi connectivity index (χ1v) is 10.1. The lowest BCUT2D eigenvalue weighted by Crippen LogP contribution is -1.88. The van der Waals surface area contributed by atoms with Gasteiger partial charge in [0.1, 0.15) is 16.2 Å². The van der Waals surface area contributed by atoms with E-state index in [2.05, 4.69) is 34.4 Å². The minimum absolute atomic E-state index is 0.759. The van der Waals surface area contributed by atoms with Gasteiger partial charge in [-0.1, -0.05) is 49.9 Å². The largest absolute Gasteiger partial charge is 0.229 e. The number of fused-ring (bicyclic) bond motifs is 1. The normalized spacial score (nSPS) is 11.2. The molecule has 5 heteroatoms. The third-order valence-electron chi connectivity index (χ3n) is 3.73. The Hall–Kier alpha value is -1.10. The molecule has 3 aromatic rings. The van der Waals surface area contributed by atoms with Gasteiger partial charge in [0.05, 0.1) is 5.39 Å². The van der Waals surface area contributed by atoms with Crippen LogP contribution < -0.4 is 0 Å². The van der Waals surface area contributed by atoms with Gasteiger partial charge in [-0.2, -0.15) is 0 Å². The Morgan fingerprint density at radius 1 is 1.09 bits per heavy atom. The molecule has 0 bridgehead atoms. The molecule has 23 heavy (non-hydrogen) atoms. The Labute approximate surface area is 150 Å². The van der Waals surface area contributed by atoms with Crippen molar-refractivity contribution in [3.8, 4) is 11.1 Å². The summed E-state index contributed by atoms with van der Waals surface area (Å²) in [5.41, 5.74) is 2.38. The van der Waals surface area contributed by atoms with Gasteiger partial charge in [-0.15, -0.1) is 23.1 Å². The summed E-state index contributed by atoms with van der Waals surface area (Å²) in [6.07, 6.45) is 6.80. The first-order valence-electron chi connectivity index (χ1n) is 7.90. The molecule has 0 radical (unpaired) electrons. The van der Waals surface area contributed by atoms with E-state index in [1.807, 2.05) is 23.9 Å². The summed E-state index contributed by atoms with van der Waals surface area (Å²) in [5.74, 6) is 1.11. The van der Waals surface area contributed by atoms with Crippen LogP contribution in [0, 0.1) is 0 Å². The van der Waals surface area contributed by atoms with Gasteiger partial charge >= 0.3 is 0 Å². The van der Waals surface area contributed by atoms with Gasteiger partial charge in [-0.25, -0.2) is 9.97 Å². The van der Waals surface area contributed by atoms with Gasteiger partial charge < -0.3 is 0 Å². The Balaban J connectivity index is 1.86. The predicted octanol–water partition coefficient (Wildman–Crippen LogP) is 6.68. The SMILES string of the molecule is CCCCCCSc1ncnc2scc(-c3ccc(Cl)cc3)c12. The molecule has 2 nitrogen and oxygen atoms in total. The van der Waals surface area contributed by atoms with Crippen LogP contribution in [0.3, 0.4) is 0 Å². The zero-order chi connectivity index (χ0) is 16.1. The van der Waals surface area contributed by atoms with Crippen LogP contribution in [0.4, 0.5) is 0 Å². The molecular weight excluding hydrogens is 344 g/mol. The molecule has 1 aromatic carbocycles. The lowest BCUT2D eigenvalue weighted by Gasteiger charge is -2.05. The second-order valence-electron chi connectivity index (χ2n) is 5.42. The molecule has 2 aromatic heterocycles. The summed E-state index contributed by atoms with van der Waals surface area (Å²) in [7, 11) is 0. The summed E-state index contributed by atoms with van der Waals surface area (Å²) < 4.78 is 0. The van der Waals surface area contributed by atoms with E-state index in [4.69, 9.17) is 11.6 Å². The zero-order valence-electron chi connectivity index (χ0n) is 13.1. The average molecular weight is 363 g/mol. The van der Waals surface area contributed by atoms with Crippen molar-refractivity contribution >= 4 is 44.9 Å². The summed E-state index contributed by atoms with van der Waals surface area (Å²) in [4.78, 5) is 10.0. The molecule has 0 unspecified atom stereocenters. The fourth-order valence-corrected chi connectivity index (χ4v) is 4.62. The quantitative estimate of drug-likeness (QED) is 0.266. The number of benzene rings is 1. The lowest BCUT2D eigenvalue weighted by molar-refractivity contribution is 0.706. The van der Waals surface area contributed by atoms with Crippen molar-refractivity contribution in [2.24, 2.45) is 0 Å². The average Bonchev–Trinajstić information content (AvgIpc) is 3.00. The number of thiophene rings is 1. The van der Waals surface area contributed by atoms with Crippen molar-refractivity contribution in [1.82, 2.24) is 9.97 Å². The number of hydrogen-bond acceptors (Lipinski definition) is 4. The molecule has 2 heterocycles. The summed E-state index contributed by atoms with van der Waals surface area (Å²) >= 11 is 9.53. The third kappa shape index (κ3) is 4.06. The maximum atomic E-state index is 6.01. The van der Waals surface area contributed by atoms with Gasteiger partial charge in [-0.3, -0.25) is 0 Å². The van der Waals surface area contributed by atoms with Crippen molar-refractivity contribution in [3.05, 3.63) is 41.0 Å². The van der Waals surface area contributed by atoms with Crippen LogP contribution >= 0.6 is 34.7 Å². The van der Waals surface area contributed by atoms with Crippen LogP contribution in [0.15, 0.2) is 41.0 Å². The number of rotatable bonds is 7. The van der Waals surface area contributed by atoms with E-state index < -0.39 is 0 Å². The highest BCUT2D eigenvalue weighted by Crippen LogP contribution is 2.38. The topological polar surface area (TPSA) is 25.8 Å². The number of thioether (sulfide) groups is 1. The highest BCUT2D eigenvalue weighted by atomic mass is 35.5. The Morgan fingerprint density at radius 3 is 2.70 bits per heavy atom. The summed E-state index contributed by atoms with van der Waals surface area (Å²) in [6, 6.07) is 7.99. The molecule has 0 saturated carbocycles. The molecule has 0 fully saturated rings. The van der Waals surface area contributed by atoms with E-state index in [1.54, 1.807) is 17.7 Å². The van der Waals surface area contributed by atoms with Crippen molar-refractivity contribution in [3.63, 3.8) is 0 Å². The van der Waals surface area contributed by atoms with Crippen molar-refractivity contribution in [1.29, 1.82) is 0 Å². The summed E-state index contributed by atoms with van der Waals surface area (Å²) in [5, 5.41) is 5.21. The highest BCUT2D eigenvalue weighted by Gasteiger charge is 2.13. The fourth-order valence-electron chi connectivity index (χ4n) is 2.50. The number of hydrogen-bond donors (Lipinski definition) is 0. The number of nitrogens with zero attached hydrogens (tertiary/aromatic N) is 2. The van der Waals surface area contributed by atoms with Gasteiger partial charge in [0.25, 0.3) is 0 Å². The minimum Gasteiger partial charge on any atom is -0.229 e. The minimum atomic E-state index is 0.759. The van der Waals surface area contributed by atoms with E-state index >= 15 is 0 Å². The van der Waals surface area contributed by atoms with Gasteiger partial charge in [0, 0.05) is 16.0 Å². The molecule has 0 N–H and O–H groups in total. The first-order chi connectivity index (χ1) is 11.3. The molecule has 0 aliphatic heterocycles. The standard InChI is InChI=1S/C18H19ClN2S2/c1-2-3-4-5-10-22-17-16-15(11-23-18(16)21-12-20-17)13-6-8-14(19)9-7-13/h6-9,11-12H,2-5,10H2,1H3. The first kappa shape index (κ1) is 16.7. The monoisotopic (exact) mass is 362 g/mol. The van der Waals surface area contributed by atoms with Crippen LogP contribution in [0.25, 0.3) is 21.3 Å². The molecule has 0 amide bonds. The third-order valence-corrected chi connectivity index (χ3v) is 5.94.